The number of hydrogen-bond donors (Lipinski definition) is 1. The van der Waals surface area contributed by atoms with Gasteiger partial charge in [-0.05, 0) is 48.2 Å². The summed E-state index contributed by atoms with van der Waals surface area (Å²) in [5.41, 5.74) is 0.527. The van der Waals surface area contributed by atoms with E-state index in [0.29, 0.717) is 29.6 Å². The number of nitrogens with one attached hydrogen (secondary N) is 1. The molecule has 156 valence electrons. The number of halogens is 1. The van der Waals surface area contributed by atoms with E-state index in [0.717, 1.165) is 12.5 Å². The van der Waals surface area contributed by atoms with Crippen molar-refractivity contribution in [3.8, 4) is 11.5 Å². The molecule has 2 aromatic carbocycles. The van der Waals surface area contributed by atoms with E-state index in [4.69, 9.17) is 13.9 Å². The van der Waals surface area contributed by atoms with Crippen molar-refractivity contribution in [1.29, 1.82) is 0 Å². The molecule has 3 aromatic rings. The SMILES string of the molecule is COc1cc(C2NC(=O)c3oc4ccc(F)cc4c(=O)c32)ccc1OCCC(C)C. The Morgan fingerprint density at radius 3 is 2.67 bits per heavy atom. The molecule has 1 aliphatic rings. The van der Waals surface area contributed by atoms with E-state index in [1.165, 1.54) is 19.2 Å². The van der Waals surface area contributed by atoms with Crippen molar-refractivity contribution in [2.24, 2.45) is 5.92 Å². The lowest BCUT2D eigenvalue weighted by molar-refractivity contribution is 0.0938. The molecule has 1 aromatic heterocycles. The minimum Gasteiger partial charge on any atom is -0.493 e. The summed E-state index contributed by atoms with van der Waals surface area (Å²) < 4.78 is 30.5. The quantitative estimate of drug-likeness (QED) is 0.658. The Bertz CT molecular complexity index is 1180. The highest BCUT2D eigenvalue weighted by Gasteiger charge is 2.36. The maximum Gasteiger partial charge on any atom is 0.288 e. The van der Waals surface area contributed by atoms with E-state index >= 15 is 0 Å². The minimum absolute atomic E-state index is 0.0552. The van der Waals surface area contributed by atoms with Gasteiger partial charge in [0.1, 0.15) is 11.4 Å². The second-order valence-electron chi connectivity index (χ2n) is 7.66. The average Bonchev–Trinajstić information content (AvgIpc) is 3.05. The third kappa shape index (κ3) is 3.51. The van der Waals surface area contributed by atoms with Crippen molar-refractivity contribution >= 4 is 16.9 Å². The number of benzene rings is 2. The van der Waals surface area contributed by atoms with Crippen LogP contribution >= 0.6 is 0 Å². The highest BCUT2D eigenvalue weighted by Crippen LogP contribution is 2.36. The van der Waals surface area contributed by atoms with E-state index in [1.54, 1.807) is 18.2 Å². The van der Waals surface area contributed by atoms with Gasteiger partial charge in [0.2, 0.25) is 5.76 Å². The number of carbonyl (C=O) groups is 1. The van der Waals surface area contributed by atoms with Gasteiger partial charge in [0.05, 0.1) is 30.7 Å². The molecule has 2 heterocycles. The lowest BCUT2D eigenvalue weighted by atomic mass is 9.99. The molecule has 1 unspecified atom stereocenters. The Labute approximate surface area is 172 Å². The molecular formula is C23H22FNO5. The smallest absolute Gasteiger partial charge is 0.288 e. The Hall–Kier alpha value is -3.35. The largest absolute Gasteiger partial charge is 0.493 e. The molecule has 0 bridgehead atoms. The molecule has 0 saturated carbocycles. The number of hydrogen-bond acceptors (Lipinski definition) is 5. The molecular weight excluding hydrogens is 389 g/mol. The Balaban J connectivity index is 1.74. The molecule has 1 atom stereocenters. The summed E-state index contributed by atoms with van der Waals surface area (Å²) in [6.45, 7) is 4.79. The number of amides is 1. The summed E-state index contributed by atoms with van der Waals surface area (Å²) in [7, 11) is 1.53. The van der Waals surface area contributed by atoms with Gasteiger partial charge in [0.25, 0.3) is 5.91 Å². The second-order valence-corrected chi connectivity index (χ2v) is 7.66. The lowest BCUT2D eigenvalue weighted by Gasteiger charge is -2.16. The molecule has 4 rings (SSSR count). The van der Waals surface area contributed by atoms with E-state index in [2.05, 4.69) is 19.2 Å². The van der Waals surface area contributed by atoms with Gasteiger partial charge in [-0.25, -0.2) is 4.39 Å². The fraction of sp³-hybridized carbons (Fsp3) is 0.304. The van der Waals surface area contributed by atoms with Crippen LogP contribution in [0.2, 0.25) is 0 Å². The third-order valence-corrected chi connectivity index (χ3v) is 5.13. The lowest BCUT2D eigenvalue weighted by Crippen LogP contribution is -2.22. The minimum atomic E-state index is -0.727. The Morgan fingerprint density at radius 2 is 1.93 bits per heavy atom. The van der Waals surface area contributed by atoms with Crippen molar-refractivity contribution in [2.45, 2.75) is 26.3 Å². The molecule has 0 aliphatic carbocycles. The molecule has 1 amide bonds. The predicted molar refractivity (Wildman–Crippen MR) is 110 cm³/mol. The van der Waals surface area contributed by atoms with Gasteiger partial charge in [0, 0.05) is 0 Å². The van der Waals surface area contributed by atoms with Crippen molar-refractivity contribution in [3.05, 3.63) is 69.3 Å². The van der Waals surface area contributed by atoms with Gasteiger partial charge in [0.15, 0.2) is 16.9 Å². The summed E-state index contributed by atoms with van der Waals surface area (Å²) in [6, 6.07) is 8.16. The highest BCUT2D eigenvalue weighted by atomic mass is 19.1. The molecule has 1 N–H and O–H groups in total. The monoisotopic (exact) mass is 411 g/mol. The first-order valence-corrected chi connectivity index (χ1v) is 9.77. The van der Waals surface area contributed by atoms with Crippen LogP contribution in [0.4, 0.5) is 4.39 Å². The van der Waals surface area contributed by atoms with Crippen LogP contribution in [-0.4, -0.2) is 19.6 Å². The first-order valence-electron chi connectivity index (χ1n) is 9.77. The summed E-state index contributed by atoms with van der Waals surface area (Å²) in [5.74, 6) is 0.497. The van der Waals surface area contributed by atoms with Crippen LogP contribution < -0.4 is 20.2 Å². The molecule has 0 radical (unpaired) electrons. The van der Waals surface area contributed by atoms with Crippen LogP contribution in [0.1, 0.15) is 48.0 Å². The molecule has 0 spiro atoms. The van der Waals surface area contributed by atoms with Crippen LogP contribution in [0.5, 0.6) is 11.5 Å². The second kappa shape index (κ2) is 7.82. The first kappa shape index (κ1) is 19.9. The number of fused-ring (bicyclic) bond motifs is 2. The van der Waals surface area contributed by atoms with E-state index in [-0.39, 0.29) is 22.3 Å². The van der Waals surface area contributed by atoms with Crippen molar-refractivity contribution in [2.75, 3.05) is 13.7 Å². The normalized spacial score (nSPS) is 15.4. The number of rotatable bonds is 6. The zero-order valence-corrected chi connectivity index (χ0v) is 17.0. The standard InChI is InChI=1S/C23H22FNO5/c1-12(2)8-9-29-17-6-4-13(10-18(17)28-3)20-19-21(26)15-11-14(24)5-7-16(15)30-22(19)23(27)25-20/h4-7,10-12,20H,8-9H2,1-3H3,(H,25,27). The van der Waals surface area contributed by atoms with Gasteiger partial charge in [-0.15, -0.1) is 0 Å². The van der Waals surface area contributed by atoms with E-state index in [1.807, 2.05) is 0 Å². The van der Waals surface area contributed by atoms with Crippen molar-refractivity contribution in [3.63, 3.8) is 0 Å². The third-order valence-electron chi connectivity index (χ3n) is 5.13. The zero-order valence-electron chi connectivity index (χ0n) is 17.0. The maximum atomic E-state index is 13.7. The zero-order chi connectivity index (χ0) is 21.4. The summed E-state index contributed by atoms with van der Waals surface area (Å²) in [5, 5.41) is 2.87. The Morgan fingerprint density at radius 1 is 1.13 bits per heavy atom. The van der Waals surface area contributed by atoms with Crippen molar-refractivity contribution in [1.82, 2.24) is 5.32 Å². The maximum absolute atomic E-state index is 13.7. The van der Waals surface area contributed by atoms with E-state index in [9.17, 15) is 14.0 Å². The van der Waals surface area contributed by atoms with Crippen LogP contribution in [0.25, 0.3) is 11.0 Å². The van der Waals surface area contributed by atoms with Crippen LogP contribution in [-0.2, 0) is 0 Å². The fourth-order valence-electron chi connectivity index (χ4n) is 3.52. The molecule has 6 nitrogen and oxygen atoms in total. The average molecular weight is 411 g/mol. The van der Waals surface area contributed by atoms with Crippen LogP contribution in [0, 0.1) is 11.7 Å². The summed E-state index contributed by atoms with van der Waals surface area (Å²) in [6.07, 6.45) is 0.904. The van der Waals surface area contributed by atoms with Crippen molar-refractivity contribution < 1.29 is 23.1 Å². The molecule has 0 fully saturated rings. The molecule has 30 heavy (non-hydrogen) atoms. The van der Waals surface area contributed by atoms with Gasteiger partial charge in [-0.2, -0.15) is 0 Å². The topological polar surface area (TPSA) is 77.8 Å². The molecule has 0 saturated heterocycles. The van der Waals surface area contributed by atoms with Gasteiger partial charge < -0.3 is 19.2 Å². The fourth-order valence-corrected chi connectivity index (χ4v) is 3.52. The van der Waals surface area contributed by atoms with Gasteiger partial charge in [-0.3, -0.25) is 9.59 Å². The Kier molecular flexibility index (Phi) is 5.20. The predicted octanol–water partition coefficient (Wildman–Crippen LogP) is 4.20. The summed E-state index contributed by atoms with van der Waals surface area (Å²) in [4.78, 5) is 25.5. The van der Waals surface area contributed by atoms with Crippen LogP contribution in [0.15, 0.2) is 45.6 Å². The number of carbonyl (C=O) groups excluding carboxylic acids is 1. The summed E-state index contributed by atoms with van der Waals surface area (Å²) >= 11 is 0. The number of methoxy groups -OCH3 is 1. The molecule has 1 aliphatic heterocycles. The van der Waals surface area contributed by atoms with Gasteiger partial charge >= 0.3 is 0 Å². The highest BCUT2D eigenvalue weighted by molar-refractivity contribution is 5.99. The van der Waals surface area contributed by atoms with Crippen LogP contribution in [0.3, 0.4) is 0 Å². The number of ether oxygens (including phenoxy) is 2. The van der Waals surface area contributed by atoms with Gasteiger partial charge in [-0.1, -0.05) is 19.9 Å². The first-order chi connectivity index (χ1) is 14.4. The molecule has 7 heteroatoms. The van der Waals surface area contributed by atoms with E-state index < -0.39 is 23.2 Å².